The summed E-state index contributed by atoms with van der Waals surface area (Å²) in [6.07, 6.45) is 0. The average Bonchev–Trinajstić information content (AvgIpc) is 2.36. The summed E-state index contributed by atoms with van der Waals surface area (Å²) in [5.41, 5.74) is -0.306. The van der Waals surface area contributed by atoms with Crippen LogP contribution in [0.5, 0.6) is 5.75 Å². The van der Waals surface area contributed by atoms with Crippen molar-refractivity contribution < 1.29 is 13.5 Å². The molecule has 1 aromatic carbocycles. The SMILES string of the molecule is Cc1cc(O)c(S(=O)(=O)c2ccc(Cl)cc2)c(=O)n1C. The van der Waals surface area contributed by atoms with Crippen LogP contribution in [-0.2, 0) is 16.9 Å². The number of aromatic hydroxyl groups is 1. The van der Waals surface area contributed by atoms with Crippen molar-refractivity contribution in [2.24, 2.45) is 7.05 Å². The molecule has 106 valence electrons. The van der Waals surface area contributed by atoms with Gasteiger partial charge in [0.15, 0.2) is 4.90 Å². The molecule has 0 atom stereocenters. The van der Waals surface area contributed by atoms with Crippen molar-refractivity contribution in [1.82, 2.24) is 4.57 Å². The van der Waals surface area contributed by atoms with Gasteiger partial charge >= 0.3 is 0 Å². The molecule has 0 radical (unpaired) electrons. The highest BCUT2D eigenvalue weighted by Crippen LogP contribution is 2.26. The van der Waals surface area contributed by atoms with E-state index in [1.807, 2.05) is 0 Å². The first-order chi connectivity index (χ1) is 9.25. The summed E-state index contributed by atoms with van der Waals surface area (Å²) in [5.74, 6) is -0.555. The zero-order valence-corrected chi connectivity index (χ0v) is 12.4. The Bertz CT molecular complexity index is 823. The van der Waals surface area contributed by atoms with E-state index in [0.717, 1.165) is 0 Å². The van der Waals surface area contributed by atoms with Gasteiger partial charge in [-0.1, -0.05) is 11.6 Å². The topological polar surface area (TPSA) is 76.4 Å². The number of aryl methyl sites for hydroxylation is 1. The minimum absolute atomic E-state index is 0.0989. The van der Waals surface area contributed by atoms with Gasteiger partial charge in [-0.05, 0) is 31.2 Å². The molecule has 1 heterocycles. The molecule has 0 bridgehead atoms. The Morgan fingerprint density at radius 1 is 1.20 bits per heavy atom. The van der Waals surface area contributed by atoms with Gasteiger partial charge < -0.3 is 9.67 Å². The summed E-state index contributed by atoms with van der Waals surface area (Å²) in [7, 11) is -2.66. The maximum absolute atomic E-state index is 12.4. The normalized spacial score (nSPS) is 11.6. The van der Waals surface area contributed by atoms with Gasteiger partial charge in [-0.25, -0.2) is 8.42 Å². The standard InChI is InChI=1S/C13H12ClNO4S/c1-8-7-11(16)12(13(17)15(8)2)20(18,19)10-5-3-9(14)4-6-10/h3-7,16H,1-2H3. The molecule has 1 aromatic heterocycles. The first kappa shape index (κ1) is 14.6. The van der Waals surface area contributed by atoms with Crippen molar-refractivity contribution in [3.8, 4) is 5.75 Å². The largest absolute Gasteiger partial charge is 0.506 e. The number of rotatable bonds is 2. The number of nitrogens with zero attached hydrogens (tertiary/aromatic N) is 1. The minimum atomic E-state index is -4.10. The van der Waals surface area contributed by atoms with Crippen LogP contribution in [0.4, 0.5) is 0 Å². The fraction of sp³-hybridized carbons (Fsp3) is 0.154. The van der Waals surface area contributed by atoms with Gasteiger partial charge in [0.25, 0.3) is 5.56 Å². The van der Waals surface area contributed by atoms with E-state index >= 15 is 0 Å². The van der Waals surface area contributed by atoms with E-state index in [4.69, 9.17) is 11.6 Å². The van der Waals surface area contributed by atoms with E-state index in [2.05, 4.69) is 0 Å². The molecule has 2 rings (SSSR count). The Hall–Kier alpha value is -1.79. The Morgan fingerprint density at radius 3 is 2.30 bits per heavy atom. The van der Waals surface area contributed by atoms with Crippen LogP contribution >= 0.6 is 11.6 Å². The minimum Gasteiger partial charge on any atom is -0.506 e. The summed E-state index contributed by atoms with van der Waals surface area (Å²) in [5, 5.41) is 10.2. The van der Waals surface area contributed by atoms with Crippen molar-refractivity contribution in [2.45, 2.75) is 16.7 Å². The molecule has 0 aliphatic heterocycles. The van der Waals surface area contributed by atoms with Gasteiger partial charge in [0.1, 0.15) is 5.75 Å². The molecule has 20 heavy (non-hydrogen) atoms. The molecule has 0 aliphatic rings. The lowest BCUT2D eigenvalue weighted by atomic mass is 10.3. The molecule has 5 nitrogen and oxygen atoms in total. The number of sulfone groups is 1. The quantitative estimate of drug-likeness (QED) is 0.918. The predicted octanol–water partition coefficient (Wildman–Crippen LogP) is 1.89. The Labute approximate surface area is 121 Å². The Kier molecular flexibility index (Phi) is 3.62. The number of benzene rings is 1. The number of aromatic nitrogens is 1. The van der Waals surface area contributed by atoms with Crippen molar-refractivity contribution >= 4 is 21.4 Å². The fourth-order valence-corrected chi connectivity index (χ4v) is 3.32. The van der Waals surface area contributed by atoms with Gasteiger partial charge in [0.2, 0.25) is 9.84 Å². The molecule has 1 N–H and O–H groups in total. The van der Waals surface area contributed by atoms with E-state index in [1.165, 1.54) is 41.9 Å². The monoisotopic (exact) mass is 313 g/mol. The second-order valence-electron chi connectivity index (χ2n) is 4.32. The van der Waals surface area contributed by atoms with Crippen molar-refractivity contribution in [1.29, 1.82) is 0 Å². The fourth-order valence-electron chi connectivity index (χ4n) is 1.77. The third-order valence-corrected chi connectivity index (χ3v) is 5.06. The molecule has 2 aromatic rings. The Morgan fingerprint density at radius 2 is 1.75 bits per heavy atom. The third-order valence-electron chi connectivity index (χ3n) is 3.00. The predicted molar refractivity (Wildman–Crippen MR) is 75.0 cm³/mol. The van der Waals surface area contributed by atoms with Gasteiger partial charge in [-0.15, -0.1) is 0 Å². The lowest BCUT2D eigenvalue weighted by Crippen LogP contribution is -2.25. The molecule has 0 saturated carbocycles. The lowest BCUT2D eigenvalue weighted by molar-refractivity contribution is 0.451. The molecule has 0 aliphatic carbocycles. The number of halogens is 1. The van der Waals surface area contributed by atoms with Crippen LogP contribution in [0.15, 0.2) is 44.9 Å². The summed E-state index contributed by atoms with van der Waals surface area (Å²) >= 11 is 5.71. The van der Waals surface area contributed by atoms with Crippen LogP contribution in [0.3, 0.4) is 0 Å². The van der Waals surface area contributed by atoms with Crippen molar-refractivity contribution in [3.05, 3.63) is 51.4 Å². The second kappa shape index (κ2) is 4.96. The first-order valence-electron chi connectivity index (χ1n) is 5.65. The maximum atomic E-state index is 12.4. The van der Waals surface area contributed by atoms with E-state index in [9.17, 15) is 18.3 Å². The van der Waals surface area contributed by atoms with E-state index in [0.29, 0.717) is 10.7 Å². The van der Waals surface area contributed by atoms with Crippen LogP contribution in [0.2, 0.25) is 5.02 Å². The van der Waals surface area contributed by atoms with Crippen LogP contribution in [-0.4, -0.2) is 18.1 Å². The summed E-state index contributed by atoms with van der Waals surface area (Å²) < 4.78 is 26.0. The number of hydrogen-bond acceptors (Lipinski definition) is 4. The zero-order chi connectivity index (χ0) is 15.1. The van der Waals surface area contributed by atoms with Crippen molar-refractivity contribution in [3.63, 3.8) is 0 Å². The molecular weight excluding hydrogens is 302 g/mol. The highest BCUT2D eigenvalue weighted by Gasteiger charge is 2.26. The van der Waals surface area contributed by atoms with Crippen LogP contribution in [0, 0.1) is 6.92 Å². The van der Waals surface area contributed by atoms with E-state index in [1.54, 1.807) is 6.92 Å². The average molecular weight is 314 g/mol. The lowest BCUT2D eigenvalue weighted by Gasteiger charge is -2.10. The van der Waals surface area contributed by atoms with Gasteiger partial charge in [0, 0.05) is 23.8 Å². The van der Waals surface area contributed by atoms with Crippen molar-refractivity contribution in [2.75, 3.05) is 0 Å². The molecule has 0 amide bonds. The van der Waals surface area contributed by atoms with Crippen LogP contribution in [0.1, 0.15) is 5.69 Å². The first-order valence-corrected chi connectivity index (χ1v) is 7.51. The second-order valence-corrected chi connectivity index (χ2v) is 6.64. The maximum Gasteiger partial charge on any atom is 0.273 e. The van der Waals surface area contributed by atoms with Gasteiger partial charge in [-0.2, -0.15) is 0 Å². The van der Waals surface area contributed by atoms with Gasteiger partial charge in [-0.3, -0.25) is 4.79 Å². The van der Waals surface area contributed by atoms with E-state index < -0.39 is 26.0 Å². The molecule has 0 fully saturated rings. The number of pyridine rings is 1. The Balaban J connectivity index is 2.77. The van der Waals surface area contributed by atoms with E-state index in [-0.39, 0.29) is 4.90 Å². The summed E-state index contributed by atoms with van der Waals surface area (Å²) in [4.78, 5) is 11.4. The molecule has 0 unspecified atom stereocenters. The number of hydrogen-bond donors (Lipinski definition) is 1. The smallest absolute Gasteiger partial charge is 0.273 e. The third kappa shape index (κ3) is 2.32. The zero-order valence-electron chi connectivity index (χ0n) is 10.8. The van der Waals surface area contributed by atoms with Crippen LogP contribution < -0.4 is 5.56 Å². The summed E-state index contributed by atoms with van der Waals surface area (Å²) in [6, 6.07) is 6.63. The summed E-state index contributed by atoms with van der Waals surface area (Å²) in [6.45, 7) is 1.60. The molecule has 0 spiro atoms. The molecule has 7 heteroatoms. The van der Waals surface area contributed by atoms with Gasteiger partial charge in [0.05, 0.1) is 4.90 Å². The van der Waals surface area contributed by atoms with Crippen LogP contribution in [0.25, 0.3) is 0 Å². The highest BCUT2D eigenvalue weighted by atomic mass is 35.5. The molecule has 0 saturated heterocycles. The highest BCUT2D eigenvalue weighted by molar-refractivity contribution is 7.91. The molecular formula is C13H12ClNO4S.